The molecule has 7 heteroatoms. The smallest absolute Gasteiger partial charge is 0.326 e. The minimum absolute atomic E-state index is 0.110. The number of nitrogens with one attached hydrogen (secondary N) is 2. The van der Waals surface area contributed by atoms with Gasteiger partial charge in [-0.25, -0.2) is 4.79 Å². The maximum absolute atomic E-state index is 13.5. The van der Waals surface area contributed by atoms with Crippen LogP contribution < -0.4 is 5.32 Å². The molecule has 0 bridgehead atoms. The van der Waals surface area contributed by atoms with Gasteiger partial charge in [-0.2, -0.15) is 0 Å². The van der Waals surface area contributed by atoms with Crippen molar-refractivity contribution in [3.8, 4) is 0 Å². The van der Waals surface area contributed by atoms with Gasteiger partial charge in [0.1, 0.15) is 12.1 Å². The van der Waals surface area contributed by atoms with Crippen LogP contribution in [0.3, 0.4) is 0 Å². The average molecular weight is 484 g/mol. The number of likely N-dealkylation sites (N-methyl/N-ethyl adjacent to an activating group) is 1. The second-order valence-corrected chi connectivity index (χ2v) is 8.95. The van der Waals surface area contributed by atoms with Crippen LogP contribution in [0.4, 0.5) is 0 Å². The molecule has 2 atom stereocenters. The first-order valence-corrected chi connectivity index (χ1v) is 11.8. The lowest BCUT2D eigenvalue weighted by Crippen LogP contribution is -2.53. The van der Waals surface area contributed by atoms with E-state index in [-0.39, 0.29) is 18.7 Å². The van der Waals surface area contributed by atoms with Gasteiger partial charge < -0.3 is 20.3 Å². The first-order valence-electron chi connectivity index (χ1n) is 11.8. The zero-order chi connectivity index (χ0) is 25.7. The van der Waals surface area contributed by atoms with Crippen molar-refractivity contribution >= 4 is 28.7 Å². The number of carbonyl (C=O) groups excluding carboxylic acids is 2. The highest BCUT2D eigenvalue weighted by molar-refractivity contribution is 5.98. The molecule has 0 radical (unpaired) electrons. The highest BCUT2D eigenvalue weighted by Crippen LogP contribution is 2.20. The Kier molecular flexibility index (Phi) is 7.49. The molecule has 4 aromatic rings. The predicted molar refractivity (Wildman–Crippen MR) is 139 cm³/mol. The third-order valence-electron chi connectivity index (χ3n) is 6.37. The van der Waals surface area contributed by atoms with Crippen molar-refractivity contribution < 1.29 is 19.5 Å². The zero-order valence-electron chi connectivity index (χ0n) is 20.3. The molecule has 3 aromatic carbocycles. The number of rotatable bonds is 9. The summed E-state index contributed by atoms with van der Waals surface area (Å²) in [6.45, 7) is 1.93. The molecule has 7 nitrogen and oxygen atoms in total. The zero-order valence-corrected chi connectivity index (χ0v) is 20.3. The molecule has 3 N–H and O–H groups in total. The van der Waals surface area contributed by atoms with Crippen LogP contribution in [0.5, 0.6) is 0 Å². The summed E-state index contributed by atoms with van der Waals surface area (Å²) in [6, 6.07) is 22.1. The fourth-order valence-corrected chi connectivity index (χ4v) is 4.27. The molecule has 4 rings (SSSR count). The second-order valence-electron chi connectivity index (χ2n) is 8.95. The van der Waals surface area contributed by atoms with Crippen LogP contribution in [0, 0.1) is 6.92 Å². The number of hydrogen-bond acceptors (Lipinski definition) is 3. The van der Waals surface area contributed by atoms with E-state index in [0.29, 0.717) is 5.56 Å². The number of nitrogens with zero attached hydrogens (tertiary/aromatic N) is 1. The number of amides is 2. The SMILES string of the molecule is Cc1ccc(C(=O)N(C)[C@H](Cc2ccccc2)C(=O)N[C@@H](Cc2c[nH]c3ccccc23)C(=O)O)cc1. The average Bonchev–Trinajstić information content (AvgIpc) is 3.30. The van der Waals surface area contributed by atoms with E-state index in [0.717, 1.165) is 27.6 Å². The van der Waals surface area contributed by atoms with E-state index in [4.69, 9.17) is 0 Å². The third kappa shape index (κ3) is 5.63. The summed E-state index contributed by atoms with van der Waals surface area (Å²) in [5, 5.41) is 13.5. The maximum Gasteiger partial charge on any atom is 0.326 e. The fourth-order valence-electron chi connectivity index (χ4n) is 4.27. The Morgan fingerprint density at radius 3 is 2.28 bits per heavy atom. The van der Waals surface area contributed by atoms with Crippen LogP contribution in [0.1, 0.15) is 27.0 Å². The molecular weight excluding hydrogens is 454 g/mol. The molecular formula is C29H29N3O4. The topological polar surface area (TPSA) is 103 Å². The summed E-state index contributed by atoms with van der Waals surface area (Å²) < 4.78 is 0. The summed E-state index contributed by atoms with van der Waals surface area (Å²) in [5.41, 5.74) is 4.04. The van der Waals surface area contributed by atoms with Crippen molar-refractivity contribution in [2.75, 3.05) is 7.05 Å². The van der Waals surface area contributed by atoms with Crippen LogP contribution in [-0.2, 0) is 22.4 Å². The lowest BCUT2D eigenvalue weighted by molar-refractivity contribution is -0.142. The summed E-state index contributed by atoms with van der Waals surface area (Å²) in [6.07, 6.45) is 2.13. The first-order chi connectivity index (χ1) is 17.3. The molecule has 1 aromatic heterocycles. The van der Waals surface area contributed by atoms with E-state index in [1.54, 1.807) is 25.4 Å². The Bertz CT molecular complexity index is 1360. The van der Waals surface area contributed by atoms with E-state index in [9.17, 15) is 19.5 Å². The Labute approximate surface area is 209 Å². The van der Waals surface area contributed by atoms with Crippen molar-refractivity contribution in [2.24, 2.45) is 0 Å². The standard InChI is InChI=1S/C29H29N3O4/c1-19-12-14-21(15-13-19)28(34)32(2)26(16-20-8-4-3-5-9-20)27(33)31-25(29(35)36)17-22-18-30-24-11-7-6-10-23(22)24/h3-15,18,25-26,30H,16-17H2,1-2H3,(H,31,33)(H,35,36)/t25-,26+/m0/s1. The first kappa shape index (κ1) is 24.7. The van der Waals surface area contributed by atoms with Gasteiger partial charge in [-0.05, 0) is 36.2 Å². The number of carboxylic acids is 1. The summed E-state index contributed by atoms with van der Waals surface area (Å²) >= 11 is 0. The molecule has 0 unspecified atom stereocenters. The van der Waals surface area contributed by atoms with E-state index in [2.05, 4.69) is 10.3 Å². The number of hydrogen-bond donors (Lipinski definition) is 3. The molecule has 0 aliphatic heterocycles. The highest BCUT2D eigenvalue weighted by atomic mass is 16.4. The number of aromatic nitrogens is 1. The van der Waals surface area contributed by atoms with Crippen molar-refractivity contribution in [1.29, 1.82) is 0 Å². The van der Waals surface area contributed by atoms with Crippen molar-refractivity contribution in [3.05, 3.63) is 107 Å². The van der Waals surface area contributed by atoms with Crippen LogP contribution in [0.2, 0.25) is 0 Å². The van der Waals surface area contributed by atoms with Gasteiger partial charge in [-0.1, -0.05) is 66.2 Å². The molecule has 0 saturated heterocycles. The highest BCUT2D eigenvalue weighted by Gasteiger charge is 2.31. The monoisotopic (exact) mass is 483 g/mol. The van der Waals surface area contributed by atoms with Gasteiger partial charge in [0, 0.05) is 42.6 Å². The molecule has 0 aliphatic rings. The summed E-state index contributed by atoms with van der Waals surface area (Å²) in [7, 11) is 1.57. The molecule has 184 valence electrons. The Hall–Kier alpha value is -4.39. The van der Waals surface area contributed by atoms with E-state index >= 15 is 0 Å². The number of fused-ring (bicyclic) bond motifs is 1. The molecule has 1 heterocycles. The minimum Gasteiger partial charge on any atom is -0.480 e. The van der Waals surface area contributed by atoms with E-state index < -0.39 is 24.0 Å². The van der Waals surface area contributed by atoms with Crippen molar-refractivity contribution in [2.45, 2.75) is 31.8 Å². The summed E-state index contributed by atoms with van der Waals surface area (Å²) in [5.74, 6) is -1.97. The van der Waals surface area contributed by atoms with Gasteiger partial charge >= 0.3 is 5.97 Å². The lowest BCUT2D eigenvalue weighted by Gasteiger charge is -2.29. The fraction of sp³-hybridized carbons (Fsp3) is 0.207. The number of aromatic amines is 1. The third-order valence-corrected chi connectivity index (χ3v) is 6.37. The minimum atomic E-state index is -1.15. The van der Waals surface area contributed by atoms with Crippen molar-refractivity contribution in [3.63, 3.8) is 0 Å². The Morgan fingerprint density at radius 2 is 1.58 bits per heavy atom. The van der Waals surface area contributed by atoms with Gasteiger partial charge in [0.15, 0.2) is 0 Å². The lowest BCUT2D eigenvalue weighted by atomic mass is 10.0. The number of carboxylic acid groups (broad SMARTS) is 1. The molecule has 0 aliphatic carbocycles. The van der Waals surface area contributed by atoms with Gasteiger partial charge in [0.05, 0.1) is 0 Å². The number of aryl methyl sites for hydroxylation is 1. The Balaban J connectivity index is 1.58. The number of para-hydroxylation sites is 1. The normalized spacial score (nSPS) is 12.6. The van der Waals surface area contributed by atoms with Crippen LogP contribution in [0.15, 0.2) is 85.1 Å². The van der Waals surface area contributed by atoms with Crippen LogP contribution >= 0.6 is 0 Å². The maximum atomic E-state index is 13.5. The van der Waals surface area contributed by atoms with Gasteiger partial charge in [0.25, 0.3) is 5.91 Å². The molecule has 0 spiro atoms. The summed E-state index contributed by atoms with van der Waals surface area (Å²) in [4.78, 5) is 43.4. The molecule has 2 amide bonds. The van der Waals surface area contributed by atoms with Gasteiger partial charge in [0.2, 0.25) is 5.91 Å². The van der Waals surface area contributed by atoms with Crippen molar-refractivity contribution in [1.82, 2.24) is 15.2 Å². The second kappa shape index (κ2) is 10.9. The number of H-pyrrole nitrogens is 1. The van der Waals surface area contributed by atoms with E-state index in [1.165, 1.54) is 4.90 Å². The predicted octanol–water partition coefficient (Wildman–Crippen LogP) is 3.97. The Morgan fingerprint density at radius 1 is 0.917 bits per heavy atom. The largest absolute Gasteiger partial charge is 0.480 e. The quantitative estimate of drug-likeness (QED) is 0.335. The number of benzene rings is 3. The van der Waals surface area contributed by atoms with Gasteiger partial charge in [-0.15, -0.1) is 0 Å². The van der Waals surface area contributed by atoms with E-state index in [1.807, 2.05) is 73.7 Å². The molecule has 0 saturated carbocycles. The van der Waals surface area contributed by atoms with Crippen LogP contribution in [-0.4, -0.2) is 51.9 Å². The molecule has 0 fully saturated rings. The number of carbonyl (C=O) groups is 3. The molecule has 36 heavy (non-hydrogen) atoms. The number of aliphatic carboxylic acids is 1. The van der Waals surface area contributed by atoms with Gasteiger partial charge in [-0.3, -0.25) is 9.59 Å². The van der Waals surface area contributed by atoms with Crippen LogP contribution in [0.25, 0.3) is 10.9 Å².